The number of fused-ring (bicyclic) bond motifs is 1. The summed E-state index contributed by atoms with van der Waals surface area (Å²) in [5.41, 5.74) is 4.06. The summed E-state index contributed by atoms with van der Waals surface area (Å²) in [6.07, 6.45) is -1.51. The van der Waals surface area contributed by atoms with Crippen molar-refractivity contribution in [3.05, 3.63) is 59.2 Å². The SMILES string of the molecule is Cc1ccc(C)c2oc(-c3nnc(-c4ccc(C(O)O)cc4)o3)cc12. The Balaban J connectivity index is 1.72. The monoisotopic (exact) mass is 336 g/mol. The van der Waals surface area contributed by atoms with Crippen LogP contribution in [0.4, 0.5) is 0 Å². The number of nitrogens with zero attached hydrogens (tertiary/aromatic N) is 2. The summed E-state index contributed by atoms with van der Waals surface area (Å²) in [5.74, 6) is 1.16. The molecule has 4 aromatic rings. The molecule has 126 valence electrons. The highest BCUT2D eigenvalue weighted by molar-refractivity contribution is 5.87. The van der Waals surface area contributed by atoms with Crippen LogP contribution in [0.2, 0.25) is 0 Å². The van der Waals surface area contributed by atoms with Crippen LogP contribution in [-0.2, 0) is 0 Å². The summed E-state index contributed by atoms with van der Waals surface area (Å²) in [5, 5.41) is 27.4. The van der Waals surface area contributed by atoms with Gasteiger partial charge in [-0.25, -0.2) is 0 Å². The van der Waals surface area contributed by atoms with Crippen molar-refractivity contribution >= 4 is 11.0 Å². The van der Waals surface area contributed by atoms with E-state index in [9.17, 15) is 0 Å². The minimum absolute atomic E-state index is 0.302. The van der Waals surface area contributed by atoms with E-state index in [0.29, 0.717) is 28.7 Å². The average molecular weight is 336 g/mol. The molecule has 0 radical (unpaired) electrons. The van der Waals surface area contributed by atoms with Gasteiger partial charge in [0.05, 0.1) is 0 Å². The lowest BCUT2D eigenvalue weighted by Gasteiger charge is -2.03. The number of benzene rings is 2. The molecule has 0 aliphatic heterocycles. The zero-order chi connectivity index (χ0) is 17.6. The number of aliphatic hydroxyl groups is 2. The van der Waals surface area contributed by atoms with Gasteiger partial charge in [-0.2, -0.15) is 0 Å². The first-order chi connectivity index (χ1) is 12.0. The maximum atomic E-state index is 9.14. The third-order valence-corrected chi connectivity index (χ3v) is 4.19. The van der Waals surface area contributed by atoms with Crippen LogP contribution in [0, 0.1) is 13.8 Å². The van der Waals surface area contributed by atoms with Crippen LogP contribution < -0.4 is 0 Å². The summed E-state index contributed by atoms with van der Waals surface area (Å²) in [7, 11) is 0. The van der Waals surface area contributed by atoms with E-state index >= 15 is 0 Å². The Hall–Kier alpha value is -2.96. The average Bonchev–Trinajstić information content (AvgIpc) is 3.26. The quantitative estimate of drug-likeness (QED) is 0.554. The molecule has 6 heteroatoms. The molecule has 2 aromatic carbocycles. The zero-order valence-corrected chi connectivity index (χ0v) is 13.7. The Bertz CT molecular complexity index is 1010. The zero-order valence-electron chi connectivity index (χ0n) is 13.7. The van der Waals surface area contributed by atoms with E-state index in [1.807, 2.05) is 32.0 Å². The molecule has 6 nitrogen and oxygen atoms in total. The summed E-state index contributed by atoms with van der Waals surface area (Å²) < 4.78 is 11.6. The van der Waals surface area contributed by atoms with E-state index in [-0.39, 0.29) is 0 Å². The standard InChI is InChI=1S/C19H16N2O4/c1-10-3-4-11(2)16-14(10)9-15(24-16)18-21-20-17(25-18)12-5-7-13(8-6-12)19(22)23/h3-9,19,22-23H,1-2H3. The molecule has 0 saturated carbocycles. The fourth-order valence-corrected chi connectivity index (χ4v) is 2.74. The molecule has 2 N–H and O–H groups in total. The second kappa shape index (κ2) is 5.84. The molecule has 0 aliphatic rings. The van der Waals surface area contributed by atoms with Crippen molar-refractivity contribution in [2.75, 3.05) is 0 Å². The second-order valence-corrected chi connectivity index (χ2v) is 5.96. The third-order valence-electron chi connectivity index (χ3n) is 4.19. The first-order valence-corrected chi connectivity index (χ1v) is 7.83. The van der Waals surface area contributed by atoms with Crippen molar-refractivity contribution in [2.24, 2.45) is 0 Å². The van der Waals surface area contributed by atoms with Gasteiger partial charge in [0.25, 0.3) is 5.89 Å². The number of aryl methyl sites for hydroxylation is 2. The smallest absolute Gasteiger partial charge is 0.283 e. The molecular formula is C19H16N2O4. The van der Waals surface area contributed by atoms with Gasteiger partial charge in [0, 0.05) is 16.5 Å². The number of hydrogen-bond donors (Lipinski definition) is 2. The third kappa shape index (κ3) is 2.71. The molecular weight excluding hydrogens is 320 g/mol. The van der Waals surface area contributed by atoms with Gasteiger partial charge < -0.3 is 19.0 Å². The van der Waals surface area contributed by atoms with E-state index in [1.54, 1.807) is 24.3 Å². The first kappa shape index (κ1) is 15.6. The minimum Gasteiger partial charge on any atom is -0.451 e. The van der Waals surface area contributed by atoms with Gasteiger partial charge in [-0.1, -0.05) is 24.3 Å². The Morgan fingerprint density at radius 2 is 1.52 bits per heavy atom. The molecule has 0 aliphatic carbocycles. The summed E-state index contributed by atoms with van der Waals surface area (Å²) in [6, 6.07) is 12.5. The Morgan fingerprint density at radius 1 is 0.840 bits per heavy atom. The fourth-order valence-electron chi connectivity index (χ4n) is 2.74. The fraction of sp³-hybridized carbons (Fsp3) is 0.158. The van der Waals surface area contributed by atoms with Crippen molar-refractivity contribution in [2.45, 2.75) is 20.1 Å². The molecule has 0 spiro atoms. The highest BCUT2D eigenvalue weighted by atomic mass is 16.5. The lowest BCUT2D eigenvalue weighted by atomic mass is 10.1. The van der Waals surface area contributed by atoms with Crippen molar-refractivity contribution in [1.29, 1.82) is 0 Å². The minimum atomic E-state index is -1.51. The van der Waals surface area contributed by atoms with Crippen LogP contribution in [0.1, 0.15) is 23.0 Å². The highest BCUT2D eigenvalue weighted by Gasteiger charge is 2.16. The molecule has 0 atom stereocenters. The molecule has 0 unspecified atom stereocenters. The van der Waals surface area contributed by atoms with Crippen molar-refractivity contribution in [3.63, 3.8) is 0 Å². The van der Waals surface area contributed by atoms with E-state index in [4.69, 9.17) is 19.0 Å². The molecule has 2 aromatic heterocycles. The van der Waals surface area contributed by atoms with Crippen molar-refractivity contribution < 1.29 is 19.0 Å². The van der Waals surface area contributed by atoms with Gasteiger partial charge in [0.2, 0.25) is 5.89 Å². The normalized spacial score (nSPS) is 11.6. The van der Waals surface area contributed by atoms with Gasteiger partial charge in [-0.15, -0.1) is 10.2 Å². The molecule has 2 heterocycles. The van der Waals surface area contributed by atoms with E-state index in [1.165, 1.54) is 0 Å². The molecule has 25 heavy (non-hydrogen) atoms. The number of aliphatic hydroxyl groups excluding tert-OH is 1. The van der Waals surface area contributed by atoms with Gasteiger partial charge in [-0.3, -0.25) is 0 Å². The van der Waals surface area contributed by atoms with E-state index in [0.717, 1.165) is 22.1 Å². The largest absolute Gasteiger partial charge is 0.451 e. The predicted octanol–water partition coefficient (Wildman–Crippen LogP) is 3.75. The van der Waals surface area contributed by atoms with Gasteiger partial charge >= 0.3 is 0 Å². The topological polar surface area (TPSA) is 92.5 Å². The Kier molecular flexibility index (Phi) is 3.63. The van der Waals surface area contributed by atoms with Crippen LogP contribution in [-0.4, -0.2) is 20.4 Å². The molecule has 0 fully saturated rings. The predicted molar refractivity (Wildman–Crippen MR) is 91.6 cm³/mol. The van der Waals surface area contributed by atoms with Crippen molar-refractivity contribution in [3.8, 4) is 23.1 Å². The maximum Gasteiger partial charge on any atom is 0.283 e. The second-order valence-electron chi connectivity index (χ2n) is 5.96. The van der Waals surface area contributed by atoms with Crippen LogP contribution in [0.15, 0.2) is 51.3 Å². The van der Waals surface area contributed by atoms with Crippen LogP contribution in [0.3, 0.4) is 0 Å². The molecule has 0 amide bonds. The van der Waals surface area contributed by atoms with Gasteiger partial charge in [0.1, 0.15) is 5.58 Å². The van der Waals surface area contributed by atoms with Crippen LogP contribution >= 0.6 is 0 Å². The lowest BCUT2D eigenvalue weighted by Crippen LogP contribution is -1.93. The Morgan fingerprint density at radius 3 is 2.20 bits per heavy atom. The highest BCUT2D eigenvalue weighted by Crippen LogP contribution is 2.32. The Labute approximate surface area is 143 Å². The molecule has 4 rings (SSSR count). The van der Waals surface area contributed by atoms with Gasteiger partial charge in [-0.05, 0) is 43.2 Å². The van der Waals surface area contributed by atoms with Crippen molar-refractivity contribution in [1.82, 2.24) is 10.2 Å². The maximum absolute atomic E-state index is 9.14. The molecule has 0 bridgehead atoms. The van der Waals surface area contributed by atoms with E-state index in [2.05, 4.69) is 10.2 Å². The number of furan rings is 1. The summed E-state index contributed by atoms with van der Waals surface area (Å²) >= 11 is 0. The summed E-state index contributed by atoms with van der Waals surface area (Å²) in [6.45, 7) is 4.02. The number of rotatable bonds is 3. The first-order valence-electron chi connectivity index (χ1n) is 7.83. The lowest BCUT2D eigenvalue weighted by molar-refractivity contribution is -0.0424. The summed E-state index contributed by atoms with van der Waals surface area (Å²) in [4.78, 5) is 0. The van der Waals surface area contributed by atoms with Crippen LogP contribution in [0.5, 0.6) is 0 Å². The van der Waals surface area contributed by atoms with Gasteiger partial charge in [0.15, 0.2) is 12.1 Å². The number of aromatic nitrogens is 2. The van der Waals surface area contributed by atoms with E-state index < -0.39 is 6.29 Å². The molecule has 0 saturated heterocycles. The number of hydrogen-bond acceptors (Lipinski definition) is 6. The van der Waals surface area contributed by atoms with Crippen LogP contribution in [0.25, 0.3) is 34.1 Å².